The van der Waals surface area contributed by atoms with E-state index in [4.69, 9.17) is 4.74 Å². The van der Waals surface area contributed by atoms with Crippen molar-refractivity contribution in [3.63, 3.8) is 0 Å². The highest BCUT2D eigenvalue weighted by molar-refractivity contribution is 5.94. The Hall–Kier alpha value is -1.84. The molecular weight excluding hydrogens is 216 g/mol. The zero-order valence-electron chi connectivity index (χ0n) is 10.5. The minimum absolute atomic E-state index is 0.350. The summed E-state index contributed by atoms with van der Waals surface area (Å²) in [7, 11) is 1.37. The summed E-state index contributed by atoms with van der Waals surface area (Å²) in [4.78, 5) is 15.8. The van der Waals surface area contributed by atoms with Crippen molar-refractivity contribution < 1.29 is 9.53 Å². The van der Waals surface area contributed by atoms with Crippen LogP contribution in [0.1, 0.15) is 35.8 Å². The largest absolute Gasteiger partial charge is 0.465 e. The van der Waals surface area contributed by atoms with Gasteiger partial charge in [-0.05, 0) is 32.4 Å². The Kier molecular flexibility index (Phi) is 2.88. The predicted octanol–water partition coefficient (Wildman–Crippen LogP) is 2.71. The smallest absolute Gasteiger partial charge is 0.339 e. The molecule has 4 nitrogen and oxygen atoms in total. The summed E-state index contributed by atoms with van der Waals surface area (Å²) in [6.45, 7) is 6.23. The van der Waals surface area contributed by atoms with Gasteiger partial charge in [-0.1, -0.05) is 0 Å². The highest BCUT2D eigenvalue weighted by atomic mass is 16.5. The van der Waals surface area contributed by atoms with E-state index >= 15 is 0 Å². The van der Waals surface area contributed by atoms with Gasteiger partial charge >= 0.3 is 5.97 Å². The second-order valence-corrected chi connectivity index (χ2v) is 4.40. The van der Waals surface area contributed by atoms with Crippen molar-refractivity contribution in [2.24, 2.45) is 0 Å². The topological polar surface area (TPSA) is 44.1 Å². The lowest BCUT2D eigenvalue weighted by Crippen LogP contribution is -2.03. The van der Waals surface area contributed by atoms with Gasteiger partial charge < -0.3 is 9.30 Å². The lowest BCUT2D eigenvalue weighted by Gasteiger charge is -2.08. The first-order chi connectivity index (χ1) is 8.04. The quantitative estimate of drug-likeness (QED) is 0.748. The molecular formula is C13H16N2O2. The van der Waals surface area contributed by atoms with Crippen LogP contribution in [0.25, 0.3) is 11.0 Å². The van der Waals surface area contributed by atoms with Gasteiger partial charge in [0, 0.05) is 23.8 Å². The van der Waals surface area contributed by atoms with Gasteiger partial charge in [-0.25, -0.2) is 9.78 Å². The summed E-state index contributed by atoms with van der Waals surface area (Å²) in [6.07, 6.45) is 3.62. The lowest BCUT2D eigenvalue weighted by molar-refractivity contribution is 0.0600. The maximum atomic E-state index is 11.4. The Morgan fingerprint density at radius 3 is 2.76 bits per heavy atom. The molecule has 0 radical (unpaired) electrons. The van der Waals surface area contributed by atoms with Crippen LogP contribution in [0.4, 0.5) is 0 Å². The molecule has 2 rings (SSSR count). The van der Waals surface area contributed by atoms with Crippen molar-refractivity contribution in [3.05, 3.63) is 29.6 Å². The summed E-state index contributed by atoms with van der Waals surface area (Å²) in [5, 5.41) is 1.00. The van der Waals surface area contributed by atoms with E-state index in [1.165, 1.54) is 7.11 Å². The minimum atomic E-state index is -0.351. The number of fused-ring (bicyclic) bond motifs is 1. The minimum Gasteiger partial charge on any atom is -0.465 e. The molecule has 0 aliphatic rings. The van der Waals surface area contributed by atoms with Crippen LogP contribution in [0.5, 0.6) is 0 Å². The van der Waals surface area contributed by atoms with Crippen LogP contribution in [-0.2, 0) is 4.74 Å². The zero-order valence-corrected chi connectivity index (χ0v) is 10.5. The van der Waals surface area contributed by atoms with Crippen molar-refractivity contribution in [1.82, 2.24) is 9.55 Å². The monoisotopic (exact) mass is 232 g/mol. The normalized spacial score (nSPS) is 11.1. The summed E-state index contributed by atoms with van der Waals surface area (Å²) in [6, 6.07) is 2.19. The number of esters is 1. The second kappa shape index (κ2) is 4.20. The standard InChI is InChI=1S/C13H16N2O2/c1-8(2)15-7-9(3)11-5-10(13(16)17-4)6-14-12(11)15/h5-8H,1-4H3. The first-order valence-electron chi connectivity index (χ1n) is 5.60. The average molecular weight is 232 g/mol. The third kappa shape index (κ3) is 1.90. The van der Waals surface area contributed by atoms with Gasteiger partial charge in [0.25, 0.3) is 0 Å². The predicted molar refractivity (Wildman–Crippen MR) is 66.2 cm³/mol. The van der Waals surface area contributed by atoms with Gasteiger partial charge in [0.1, 0.15) is 5.65 Å². The molecule has 0 aliphatic heterocycles. The Labute approximate surface area is 100 Å². The Bertz CT molecular complexity index is 570. The molecule has 0 bridgehead atoms. The molecule has 0 saturated heterocycles. The number of aromatic nitrogens is 2. The number of nitrogens with zero attached hydrogens (tertiary/aromatic N) is 2. The highest BCUT2D eigenvalue weighted by Gasteiger charge is 2.13. The van der Waals surface area contributed by atoms with E-state index in [1.807, 2.05) is 13.0 Å². The van der Waals surface area contributed by atoms with Crippen LogP contribution in [0, 0.1) is 6.92 Å². The molecule has 2 aromatic heterocycles. The highest BCUT2D eigenvalue weighted by Crippen LogP contribution is 2.23. The molecule has 0 spiro atoms. The number of ether oxygens (including phenoxy) is 1. The van der Waals surface area contributed by atoms with Gasteiger partial charge in [-0.2, -0.15) is 0 Å². The van der Waals surface area contributed by atoms with Crippen molar-refractivity contribution in [2.45, 2.75) is 26.8 Å². The summed E-state index contributed by atoms with van der Waals surface area (Å²) in [5.74, 6) is -0.351. The molecule has 17 heavy (non-hydrogen) atoms. The van der Waals surface area contributed by atoms with Gasteiger partial charge in [-0.3, -0.25) is 0 Å². The third-order valence-electron chi connectivity index (χ3n) is 2.85. The van der Waals surface area contributed by atoms with E-state index in [0.717, 1.165) is 16.6 Å². The molecule has 2 aromatic rings. The van der Waals surface area contributed by atoms with E-state index in [0.29, 0.717) is 11.6 Å². The molecule has 0 aromatic carbocycles. The van der Waals surface area contributed by atoms with E-state index in [2.05, 4.69) is 29.6 Å². The van der Waals surface area contributed by atoms with E-state index in [1.54, 1.807) is 6.20 Å². The molecule has 0 N–H and O–H groups in total. The van der Waals surface area contributed by atoms with Crippen LogP contribution in [-0.4, -0.2) is 22.6 Å². The molecule has 0 aliphatic carbocycles. The third-order valence-corrected chi connectivity index (χ3v) is 2.85. The van der Waals surface area contributed by atoms with Crippen molar-refractivity contribution >= 4 is 17.0 Å². The molecule has 0 atom stereocenters. The van der Waals surface area contributed by atoms with E-state index in [-0.39, 0.29) is 5.97 Å². The van der Waals surface area contributed by atoms with Gasteiger partial charge in [0.2, 0.25) is 0 Å². The fourth-order valence-corrected chi connectivity index (χ4v) is 1.92. The molecule has 0 amide bonds. The van der Waals surface area contributed by atoms with Crippen LogP contribution in [0.2, 0.25) is 0 Å². The summed E-state index contributed by atoms with van der Waals surface area (Å²) in [5.41, 5.74) is 2.52. The van der Waals surface area contributed by atoms with Crippen LogP contribution in [0.3, 0.4) is 0 Å². The first kappa shape index (κ1) is 11.6. The molecule has 0 fully saturated rings. The van der Waals surface area contributed by atoms with Crippen molar-refractivity contribution in [3.8, 4) is 0 Å². The number of rotatable bonds is 2. The SMILES string of the molecule is COC(=O)c1cnc2c(c1)c(C)cn2C(C)C. The molecule has 4 heteroatoms. The number of aryl methyl sites for hydroxylation is 1. The number of hydrogen-bond acceptors (Lipinski definition) is 3. The summed E-state index contributed by atoms with van der Waals surface area (Å²) >= 11 is 0. The van der Waals surface area contributed by atoms with Crippen LogP contribution in [0.15, 0.2) is 18.5 Å². The lowest BCUT2D eigenvalue weighted by atomic mass is 10.2. The molecule has 90 valence electrons. The maximum Gasteiger partial charge on any atom is 0.339 e. The van der Waals surface area contributed by atoms with Crippen LogP contribution >= 0.6 is 0 Å². The average Bonchev–Trinajstić information content (AvgIpc) is 2.65. The fourth-order valence-electron chi connectivity index (χ4n) is 1.92. The molecule has 2 heterocycles. The number of methoxy groups -OCH3 is 1. The van der Waals surface area contributed by atoms with Gasteiger partial charge in [-0.15, -0.1) is 0 Å². The van der Waals surface area contributed by atoms with E-state index in [9.17, 15) is 4.79 Å². The molecule has 0 unspecified atom stereocenters. The Balaban J connectivity index is 2.63. The Morgan fingerprint density at radius 1 is 1.47 bits per heavy atom. The summed E-state index contributed by atoms with van der Waals surface area (Å²) < 4.78 is 6.80. The fraction of sp³-hybridized carbons (Fsp3) is 0.385. The number of pyridine rings is 1. The van der Waals surface area contributed by atoms with E-state index < -0.39 is 0 Å². The zero-order chi connectivity index (χ0) is 12.6. The maximum absolute atomic E-state index is 11.4. The number of carbonyl (C=O) groups is 1. The molecule has 0 saturated carbocycles. The van der Waals surface area contributed by atoms with Gasteiger partial charge in [0.05, 0.1) is 12.7 Å². The van der Waals surface area contributed by atoms with Crippen molar-refractivity contribution in [1.29, 1.82) is 0 Å². The first-order valence-corrected chi connectivity index (χ1v) is 5.60. The van der Waals surface area contributed by atoms with Crippen LogP contribution < -0.4 is 0 Å². The van der Waals surface area contributed by atoms with Crippen molar-refractivity contribution in [2.75, 3.05) is 7.11 Å². The van der Waals surface area contributed by atoms with Gasteiger partial charge in [0.15, 0.2) is 0 Å². The second-order valence-electron chi connectivity index (χ2n) is 4.40. The number of carbonyl (C=O) groups excluding carboxylic acids is 1. The number of hydrogen-bond donors (Lipinski definition) is 0. The Morgan fingerprint density at radius 2 is 2.18 bits per heavy atom.